The molecule has 0 aromatic carbocycles. The molecule has 8 nitrogen and oxygen atoms in total. The number of ether oxygens (including phenoxy) is 1. The number of nitrogens with zero attached hydrogens (tertiary/aromatic N) is 4. The van der Waals surface area contributed by atoms with Gasteiger partial charge in [0, 0.05) is 32.6 Å². The Balaban J connectivity index is 1.38. The quantitative estimate of drug-likeness (QED) is 0.720. The molecule has 4 heterocycles. The van der Waals surface area contributed by atoms with Gasteiger partial charge in [0.15, 0.2) is 0 Å². The predicted molar refractivity (Wildman–Crippen MR) is 118 cm³/mol. The molecule has 0 spiro atoms. The Kier molecular flexibility index (Phi) is 6.15. The summed E-state index contributed by atoms with van der Waals surface area (Å²) in [6, 6.07) is 7.49. The number of rotatable bonds is 4. The zero-order valence-corrected chi connectivity index (χ0v) is 18.9. The van der Waals surface area contributed by atoms with E-state index in [-0.39, 0.29) is 24.6 Å². The number of furan rings is 1. The fraction of sp³-hybridized carbons (Fsp3) is 0.500. The molecule has 1 fully saturated rings. The summed E-state index contributed by atoms with van der Waals surface area (Å²) in [5, 5.41) is 8.23. The summed E-state index contributed by atoms with van der Waals surface area (Å²) in [6.07, 6.45) is 1.95. The Labute approximate surface area is 186 Å². The lowest BCUT2D eigenvalue weighted by Gasteiger charge is -2.35. The highest BCUT2D eigenvalue weighted by Crippen LogP contribution is 2.34. The van der Waals surface area contributed by atoms with Crippen LogP contribution in [0.2, 0.25) is 0 Å². The molecule has 2 aliphatic rings. The second-order valence-electron chi connectivity index (χ2n) is 8.74. The second-order valence-corrected chi connectivity index (χ2v) is 9.69. The number of amides is 2. The van der Waals surface area contributed by atoms with Crippen LogP contribution in [0.25, 0.3) is 0 Å². The molecule has 1 unspecified atom stereocenters. The highest BCUT2D eigenvalue weighted by molar-refractivity contribution is 7.12. The lowest BCUT2D eigenvalue weighted by Crippen LogP contribution is -2.52. The van der Waals surface area contributed by atoms with Crippen LogP contribution in [-0.2, 0) is 9.53 Å². The zero-order chi connectivity index (χ0) is 22.0. The van der Waals surface area contributed by atoms with Gasteiger partial charge < -0.3 is 14.1 Å². The van der Waals surface area contributed by atoms with Gasteiger partial charge in [0.25, 0.3) is 5.91 Å². The van der Waals surface area contributed by atoms with Crippen molar-refractivity contribution in [3.05, 3.63) is 46.5 Å². The van der Waals surface area contributed by atoms with Crippen LogP contribution in [0.4, 0.5) is 4.79 Å². The molecule has 2 aliphatic heterocycles. The molecule has 4 rings (SSSR count). The number of carbonyl (C=O) groups is 2. The van der Waals surface area contributed by atoms with Crippen molar-refractivity contribution in [3.8, 4) is 0 Å². The fourth-order valence-corrected chi connectivity index (χ4v) is 4.43. The number of thiophene rings is 1. The number of carbonyl (C=O) groups excluding carboxylic acids is 2. The van der Waals surface area contributed by atoms with Crippen LogP contribution in [0.15, 0.2) is 45.4 Å². The molecule has 2 aromatic heterocycles. The predicted octanol–water partition coefficient (Wildman–Crippen LogP) is 3.57. The SMILES string of the molecule is CC(C)(C)OC(=O)N1CCN(CC(=O)N2N=C(c3cccs3)CC2c2ccco2)CC1. The van der Waals surface area contributed by atoms with Gasteiger partial charge in [-0.15, -0.1) is 11.3 Å². The normalized spacial score (nSPS) is 20.1. The highest BCUT2D eigenvalue weighted by Gasteiger charge is 2.36. The molecular weight excluding hydrogens is 416 g/mol. The molecule has 9 heteroatoms. The first-order valence-corrected chi connectivity index (χ1v) is 11.4. The van der Waals surface area contributed by atoms with E-state index in [0.29, 0.717) is 32.6 Å². The van der Waals surface area contributed by atoms with E-state index in [9.17, 15) is 9.59 Å². The third-order valence-electron chi connectivity index (χ3n) is 5.23. The number of hydrogen-bond donors (Lipinski definition) is 0. The number of piperazine rings is 1. The van der Waals surface area contributed by atoms with Gasteiger partial charge in [0.2, 0.25) is 0 Å². The molecule has 31 heavy (non-hydrogen) atoms. The van der Waals surface area contributed by atoms with E-state index in [1.54, 1.807) is 27.5 Å². The maximum atomic E-state index is 13.2. The summed E-state index contributed by atoms with van der Waals surface area (Å²) < 4.78 is 11.0. The zero-order valence-electron chi connectivity index (χ0n) is 18.1. The standard InChI is InChI=1S/C22H28N4O4S/c1-22(2,3)30-21(28)25-10-8-24(9-11-25)15-20(27)26-17(18-6-4-12-29-18)14-16(23-26)19-7-5-13-31-19/h4-7,12-13,17H,8-11,14-15H2,1-3H3. The maximum Gasteiger partial charge on any atom is 0.410 e. The molecule has 0 aliphatic carbocycles. The molecule has 1 saturated heterocycles. The van der Waals surface area contributed by atoms with Gasteiger partial charge >= 0.3 is 6.09 Å². The van der Waals surface area contributed by atoms with Crippen molar-refractivity contribution in [1.82, 2.24) is 14.8 Å². The summed E-state index contributed by atoms with van der Waals surface area (Å²) in [5.74, 6) is 0.664. The minimum Gasteiger partial charge on any atom is -0.467 e. The molecule has 2 amide bonds. The third-order valence-corrected chi connectivity index (χ3v) is 6.14. The Bertz CT molecular complexity index is 925. The van der Waals surface area contributed by atoms with Crippen LogP contribution in [-0.4, -0.2) is 70.8 Å². The van der Waals surface area contributed by atoms with Gasteiger partial charge in [-0.05, 0) is 44.4 Å². The summed E-state index contributed by atoms with van der Waals surface area (Å²) in [7, 11) is 0. The Hall–Kier alpha value is -2.65. The van der Waals surface area contributed by atoms with E-state index in [1.165, 1.54) is 0 Å². The first kappa shape index (κ1) is 21.6. The molecule has 166 valence electrons. The Morgan fingerprint density at radius 1 is 1.19 bits per heavy atom. The van der Waals surface area contributed by atoms with Crippen LogP contribution < -0.4 is 0 Å². The van der Waals surface area contributed by atoms with E-state index in [2.05, 4.69) is 10.0 Å². The minimum absolute atomic E-state index is 0.0707. The first-order valence-electron chi connectivity index (χ1n) is 10.5. The molecule has 0 radical (unpaired) electrons. The van der Waals surface area contributed by atoms with E-state index in [1.807, 2.05) is 50.4 Å². The van der Waals surface area contributed by atoms with E-state index in [0.717, 1.165) is 16.3 Å². The number of hydrazone groups is 1. The van der Waals surface area contributed by atoms with Crippen molar-refractivity contribution in [1.29, 1.82) is 0 Å². The van der Waals surface area contributed by atoms with Crippen LogP contribution in [0.1, 0.15) is 43.9 Å². The summed E-state index contributed by atoms with van der Waals surface area (Å²) in [5.41, 5.74) is 0.388. The van der Waals surface area contributed by atoms with Gasteiger partial charge in [-0.25, -0.2) is 9.80 Å². The molecule has 0 N–H and O–H groups in total. The largest absolute Gasteiger partial charge is 0.467 e. The van der Waals surface area contributed by atoms with Crippen LogP contribution in [0.5, 0.6) is 0 Å². The van der Waals surface area contributed by atoms with Crippen molar-refractivity contribution >= 4 is 29.0 Å². The average Bonchev–Trinajstić information content (AvgIpc) is 3.47. The van der Waals surface area contributed by atoms with Crippen LogP contribution >= 0.6 is 11.3 Å². The van der Waals surface area contributed by atoms with Crippen molar-refractivity contribution < 1.29 is 18.7 Å². The molecule has 2 aromatic rings. The lowest BCUT2D eigenvalue weighted by atomic mass is 10.1. The van der Waals surface area contributed by atoms with Gasteiger partial charge in [-0.2, -0.15) is 5.10 Å². The topological polar surface area (TPSA) is 78.6 Å². The summed E-state index contributed by atoms with van der Waals surface area (Å²) >= 11 is 1.62. The minimum atomic E-state index is -0.515. The second kappa shape index (κ2) is 8.84. The summed E-state index contributed by atoms with van der Waals surface area (Å²) in [4.78, 5) is 30.2. The van der Waals surface area contributed by atoms with Gasteiger partial charge in [-0.3, -0.25) is 9.69 Å². The molecule has 0 bridgehead atoms. The smallest absolute Gasteiger partial charge is 0.410 e. The third kappa shape index (κ3) is 5.16. The van der Waals surface area contributed by atoms with Crippen LogP contribution in [0.3, 0.4) is 0 Å². The monoisotopic (exact) mass is 444 g/mol. The molecular formula is C22H28N4O4S. The van der Waals surface area contributed by atoms with Crippen molar-refractivity contribution in [2.45, 2.75) is 38.8 Å². The Morgan fingerprint density at radius 3 is 2.58 bits per heavy atom. The first-order chi connectivity index (χ1) is 14.8. The van der Waals surface area contributed by atoms with Gasteiger partial charge in [-0.1, -0.05) is 6.07 Å². The maximum absolute atomic E-state index is 13.2. The number of hydrogen-bond acceptors (Lipinski definition) is 7. The van der Waals surface area contributed by atoms with Crippen molar-refractivity contribution in [2.24, 2.45) is 5.10 Å². The molecule has 0 saturated carbocycles. The van der Waals surface area contributed by atoms with E-state index >= 15 is 0 Å². The highest BCUT2D eigenvalue weighted by atomic mass is 32.1. The van der Waals surface area contributed by atoms with Crippen LogP contribution in [0, 0.1) is 0 Å². The Morgan fingerprint density at radius 2 is 1.97 bits per heavy atom. The molecule has 1 atom stereocenters. The average molecular weight is 445 g/mol. The fourth-order valence-electron chi connectivity index (χ4n) is 3.71. The van der Waals surface area contributed by atoms with E-state index < -0.39 is 5.60 Å². The van der Waals surface area contributed by atoms with Crippen molar-refractivity contribution in [2.75, 3.05) is 32.7 Å². The van der Waals surface area contributed by atoms with Gasteiger partial charge in [0.1, 0.15) is 17.4 Å². The van der Waals surface area contributed by atoms with Gasteiger partial charge in [0.05, 0.1) is 23.4 Å². The van der Waals surface area contributed by atoms with E-state index in [4.69, 9.17) is 9.15 Å². The van der Waals surface area contributed by atoms with Crippen molar-refractivity contribution in [3.63, 3.8) is 0 Å². The lowest BCUT2D eigenvalue weighted by molar-refractivity contribution is -0.135. The summed E-state index contributed by atoms with van der Waals surface area (Å²) in [6.45, 7) is 8.13.